The van der Waals surface area contributed by atoms with Gasteiger partial charge in [0.05, 0.1) is 18.7 Å². The summed E-state index contributed by atoms with van der Waals surface area (Å²) in [6, 6.07) is 3.48. The Hall–Kier alpha value is -3.40. The number of fused-ring (bicyclic) bond motifs is 1. The van der Waals surface area contributed by atoms with Gasteiger partial charge in [0.15, 0.2) is 11.5 Å². The average Bonchev–Trinajstić information content (AvgIpc) is 3.21. The first kappa shape index (κ1) is 17.0. The molecular weight excluding hydrogens is 348 g/mol. The first-order chi connectivity index (χ1) is 13.1. The van der Waals surface area contributed by atoms with Gasteiger partial charge in [-0.25, -0.2) is 15.0 Å². The van der Waals surface area contributed by atoms with Crippen LogP contribution in [0, 0.1) is 5.41 Å². The molecule has 0 bridgehead atoms. The highest BCUT2D eigenvalue weighted by Gasteiger charge is 2.21. The van der Waals surface area contributed by atoms with E-state index in [-0.39, 0.29) is 11.7 Å². The molecule has 0 aromatic carbocycles. The Bertz CT molecular complexity index is 1010. The second kappa shape index (κ2) is 7.08. The average molecular weight is 367 g/mol. The molecule has 1 fully saturated rings. The molecule has 3 aromatic heterocycles. The van der Waals surface area contributed by atoms with Crippen LogP contribution >= 0.6 is 0 Å². The van der Waals surface area contributed by atoms with Crippen molar-refractivity contribution in [1.29, 1.82) is 5.41 Å². The number of pyridine rings is 1. The molecule has 0 atom stereocenters. The van der Waals surface area contributed by atoms with Gasteiger partial charge in [0.2, 0.25) is 5.95 Å². The number of hydrogen-bond donors (Lipinski definition) is 1. The Morgan fingerprint density at radius 3 is 2.74 bits per heavy atom. The Kier molecular flexibility index (Phi) is 4.47. The molecule has 10 heteroatoms. The summed E-state index contributed by atoms with van der Waals surface area (Å²) in [5.74, 6) is 1.19. The van der Waals surface area contributed by atoms with Gasteiger partial charge in [0, 0.05) is 25.5 Å². The van der Waals surface area contributed by atoms with Gasteiger partial charge in [-0.15, -0.1) is 4.99 Å². The predicted octanol–water partition coefficient (Wildman–Crippen LogP) is 0.515. The van der Waals surface area contributed by atoms with Crippen molar-refractivity contribution in [2.75, 3.05) is 31.2 Å². The molecule has 138 valence electrons. The van der Waals surface area contributed by atoms with E-state index in [0.717, 1.165) is 0 Å². The Balaban J connectivity index is 1.89. The first-order valence-electron chi connectivity index (χ1n) is 8.47. The van der Waals surface area contributed by atoms with Crippen LogP contribution in [0.15, 0.2) is 35.8 Å². The van der Waals surface area contributed by atoms with Crippen LogP contribution in [0.25, 0.3) is 17.0 Å². The van der Waals surface area contributed by atoms with Crippen molar-refractivity contribution in [3.63, 3.8) is 0 Å². The lowest BCUT2D eigenvalue weighted by atomic mass is 10.2. The maximum Gasteiger partial charge on any atom is 0.385 e. The molecule has 3 aromatic rings. The number of morpholine rings is 1. The van der Waals surface area contributed by atoms with Crippen molar-refractivity contribution in [3.8, 4) is 5.95 Å². The quantitative estimate of drug-likeness (QED) is 0.408. The molecule has 1 saturated heterocycles. The van der Waals surface area contributed by atoms with Crippen LogP contribution in [0.5, 0.6) is 0 Å². The van der Waals surface area contributed by atoms with E-state index in [2.05, 4.69) is 24.8 Å². The maximum atomic E-state index is 8.05. The second-order valence-corrected chi connectivity index (χ2v) is 6.03. The summed E-state index contributed by atoms with van der Waals surface area (Å²) in [7, 11) is 0. The summed E-state index contributed by atoms with van der Waals surface area (Å²) in [5, 5.41) is 15.5. The van der Waals surface area contributed by atoms with Crippen LogP contribution < -0.4 is 4.90 Å². The number of aromatic nitrogens is 5. The molecule has 0 unspecified atom stereocenters. The minimum atomic E-state index is -0.0592. The molecule has 27 heavy (non-hydrogen) atoms. The summed E-state index contributed by atoms with van der Waals surface area (Å²) in [4.78, 5) is 23.9. The lowest BCUT2D eigenvalue weighted by Crippen LogP contribution is -2.37. The van der Waals surface area contributed by atoms with Crippen LogP contribution in [0.4, 0.5) is 5.82 Å². The second-order valence-electron chi connectivity index (χ2n) is 6.03. The number of rotatable bonds is 3. The number of nitrogens with zero attached hydrogens (tertiary/aromatic N) is 7. The van der Waals surface area contributed by atoms with Gasteiger partial charge in [-0.05, 0) is 19.1 Å². The summed E-state index contributed by atoms with van der Waals surface area (Å²) in [5.41, 5.74) is 1.64. The molecule has 0 amide bonds. The molecule has 4 rings (SSSR count). The van der Waals surface area contributed by atoms with E-state index in [0.29, 0.717) is 54.8 Å². The third-order valence-electron chi connectivity index (χ3n) is 4.08. The molecule has 0 aliphatic carbocycles. The van der Waals surface area contributed by atoms with E-state index in [1.54, 1.807) is 35.4 Å². The lowest BCUT2D eigenvalue weighted by molar-refractivity contribution is 0.122. The zero-order valence-corrected chi connectivity index (χ0v) is 14.8. The van der Waals surface area contributed by atoms with Gasteiger partial charge >= 0.3 is 5.90 Å². The molecule has 4 heterocycles. The fourth-order valence-corrected chi connectivity index (χ4v) is 2.83. The largest absolute Gasteiger partial charge is 0.577 e. The smallest absolute Gasteiger partial charge is 0.385 e. The van der Waals surface area contributed by atoms with Crippen molar-refractivity contribution in [3.05, 3.63) is 36.5 Å². The SMILES string of the molecule is CC(=N)N=C([OH2+])c1ccc2nc(-n3ccnc3)nc(N3CCOCC3)c2n1. The van der Waals surface area contributed by atoms with Gasteiger partial charge in [0.1, 0.15) is 17.7 Å². The lowest BCUT2D eigenvalue weighted by Gasteiger charge is -2.28. The molecule has 1 aliphatic rings. The third-order valence-corrected chi connectivity index (χ3v) is 4.08. The molecule has 10 nitrogen and oxygen atoms in total. The fraction of sp³-hybridized carbons (Fsp3) is 0.294. The molecule has 1 aliphatic heterocycles. The summed E-state index contributed by atoms with van der Waals surface area (Å²) in [6.07, 6.45) is 5.10. The van der Waals surface area contributed by atoms with Gasteiger partial charge in [-0.1, -0.05) is 0 Å². The van der Waals surface area contributed by atoms with Crippen molar-refractivity contribution < 1.29 is 9.84 Å². The van der Waals surface area contributed by atoms with Gasteiger partial charge in [-0.3, -0.25) is 9.98 Å². The Labute approximate surface area is 154 Å². The highest BCUT2D eigenvalue weighted by molar-refractivity contribution is 6.01. The van der Waals surface area contributed by atoms with E-state index < -0.39 is 0 Å². The highest BCUT2D eigenvalue weighted by atomic mass is 16.5. The molecular formula is C17H19N8O2+. The van der Waals surface area contributed by atoms with Crippen LogP contribution in [-0.2, 0) is 4.74 Å². The number of amidine groups is 1. The zero-order valence-electron chi connectivity index (χ0n) is 14.8. The monoisotopic (exact) mass is 367 g/mol. The van der Waals surface area contributed by atoms with Crippen molar-refractivity contribution in [2.45, 2.75) is 6.92 Å². The normalized spacial score (nSPS) is 15.3. The maximum absolute atomic E-state index is 8.05. The topological polar surface area (TPSA) is 128 Å². The van der Waals surface area contributed by atoms with Gasteiger partial charge < -0.3 is 14.7 Å². The molecule has 3 N–H and O–H groups in total. The van der Waals surface area contributed by atoms with Crippen LogP contribution in [0.3, 0.4) is 0 Å². The number of aliphatic imine (C=N–C) groups is 1. The fourth-order valence-electron chi connectivity index (χ4n) is 2.83. The molecule has 0 radical (unpaired) electrons. The number of hydrogen-bond acceptors (Lipinski definition) is 7. The number of nitrogens with one attached hydrogen (secondary N) is 1. The minimum Gasteiger partial charge on any atom is -0.577 e. The van der Waals surface area contributed by atoms with E-state index in [4.69, 9.17) is 20.2 Å². The van der Waals surface area contributed by atoms with Crippen LogP contribution in [-0.4, -0.2) is 67.6 Å². The van der Waals surface area contributed by atoms with Crippen molar-refractivity contribution in [2.24, 2.45) is 4.99 Å². The Morgan fingerprint density at radius 2 is 2.04 bits per heavy atom. The van der Waals surface area contributed by atoms with Crippen LogP contribution in [0.1, 0.15) is 12.6 Å². The summed E-state index contributed by atoms with van der Waals surface area (Å²) in [6.45, 7) is 4.15. The van der Waals surface area contributed by atoms with Gasteiger partial charge in [-0.2, -0.15) is 4.98 Å². The number of ether oxygens (including phenoxy) is 1. The van der Waals surface area contributed by atoms with Crippen molar-refractivity contribution >= 4 is 28.6 Å². The predicted molar refractivity (Wildman–Crippen MR) is 101 cm³/mol. The number of imidazole rings is 1. The van der Waals surface area contributed by atoms with Gasteiger partial charge in [0.25, 0.3) is 0 Å². The summed E-state index contributed by atoms with van der Waals surface area (Å²) >= 11 is 0. The third kappa shape index (κ3) is 3.47. The zero-order chi connectivity index (χ0) is 18.8. The molecule has 0 spiro atoms. The Morgan fingerprint density at radius 1 is 1.22 bits per heavy atom. The standard InChI is InChI=1S/C17H18N8O2/c1-11(18)20-16(26)13-3-2-12-14(21-13)15(24-6-8-27-9-7-24)23-17(22-12)25-5-4-19-10-25/h2-5,10H,6-9H2,1H3,(H2,18,20,26)/p+1. The highest BCUT2D eigenvalue weighted by Crippen LogP contribution is 2.24. The number of anilines is 1. The summed E-state index contributed by atoms with van der Waals surface area (Å²) < 4.78 is 7.19. The molecule has 0 saturated carbocycles. The van der Waals surface area contributed by atoms with E-state index in [1.807, 2.05) is 0 Å². The van der Waals surface area contributed by atoms with Crippen molar-refractivity contribution in [1.82, 2.24) is 24.5 Å². The van der Waals surface area contributed by atoms with E-state index in [9.17, 15) is 0 Å². The first-order valence-corrected chi connectivity index (χ1v) is 8.47. The minimum absolute atomic E-state index is 0.0574. The van der Waals surface area contributed by atoms with Crippen LogP contribution in [0.2, 0.25) is 0 Å². The van der Waals surface area contributed by atoms with E-state index in [1.165, 1.54) is 6.92 Å². The van der Waals surface area contributed by atoms with E-state index >= 15 is 0 Å².